The summed E-state index contributed by atoms with van der Waals surface area (Å²) in [6, 6.07) is 13.2. The Morgan fingerprint density at radius 3 is 2.92 bits per heavy atom. The van der Waals surface area contributed by atoms with E-state index in [9.17, 15) is 9.59 Å². The van der Waals surface area contributed by atoms with Gasteiger partial charge in [0.1, 0.15) is 0 Å². The van der Waals surface area contributed by atoms with Crippen molar-refractivity contribution in [2.24, 2.45) is 0 Å². The van der Waals surface area contributed by atoms with Crippen molar-refractivity contribution in [3.63, 3.8) is 0 Å². The number of anilines is 2. The van der Waals surface area contributed by atoms with Crippen LogP contribution in [0, 0.1) is 0 Å². The molecule has 0 unspecified atom stereocenters. The summed E-state index contributed by atoms with van der Waals surface area (Å²) in [6.07, 6.45) is 0.485. The van der Waals surface area contributed by atoms with Crippen molar-refractivity contribution in [2.75, 3.05) is 22.9 Å². The Morgan fingerprint density at radius 2 is 2.08 bits per heavy atom. The van der Waals surface area contributed by atoms with Gasteiger partial charge in [0.2, 0.25) is 5.91 Å². The lowest BCUT2D eigenvalue weighted by Gasteiger charge is -2.13. The number of nitrogens with one attached hydrogen (secondary N) is 3. The van der Waals surface area contributed by atoms with Crippen LogP contribution in [0.1, 0.15) is 29.3 Å². The Balaban J connectivity index is 1.79. The zero-order valence-electron chi connectivity index (χ0n) is 14.1. The third kappa shape index (κ3) is 4.41. The molecule has 0 bridgehead atoms. The molecule has 3 N–H and O–H groups in total. The summed E-state index contributed by atoms with van der Waals surface area (Å²) in [5, 5.41) is 9.11. The van der Waals surface area contributed by atoms with Crippen LogP contribution in [0.3, 0.4) is 0 Å². The highest BCUT2D eigenvalue weighted by Crippen LogP contribution is 2.31. The molecule has 1 aliphatic heterocycles. The molecule has 25 heavy (non-hydrogen) atoms. The minimum atomic E-state index is -0.185. The van der Waals surface area contributed by atoms with E-state index in [-0.39, 0.29) is 11.8 Å². The number of hydrogen-bond donors (Lipinski definition) is 3. The highest BCUT2D eigenvalue weighted by atomic mass is 32.2. The topological polar surface area (TPSA) is 70.2 Å². The number of rotatable bonds is 5. The number of para-hydroxylation sites is 1. The molecule has 2 aromatic carbocycles. The average molecular weight is 355 g/mol. The van der Waals surface area contributed by atoms with Crippen LogP contribution in [0.5, 0.6) is 0 Å². The summed E-state index contributed by atoms with van der Waals surface area (Å²) in [4.78, 5) is 25.4. The number of fused-ring (bicyclic) bond motifs is 1. The zero-order chi connectivity index (χ0) is 17.6. The van der Waals surface area contributed by atoms with E-state index in [0.717, 1.165) is 28.4 Å². The number of amides is 2. The minimum absolute atomic E-state index is 0.0141. The molecule has 0 fully saturated rings. The quantitative estimate of drug-likeness (QED) is 0.768. The molecule has 130 valence electrons. The van der Waals surface area contributed by atoms with E-state index in [1.807, 2.05) is 37.3 Å². The standard InChI is InChI=1S/C19H21N3O2S/c1-2-20-12-14-5-3-4-6-15(14)22-19(24)13-7-8-17-16(11-13)21-18(23)9-10-25-17/h3-8,11,20H,2,9-10,12H2,1H3,(H,21,23)(H,22,24). The lowest BCUT2D eigenvalue weighted by atomic mass is 10.1. The first-order chi connectivity index (χ1) is 12.2. The number of carbonyl (C=O) groups excluding carboxylic acids is 2. The molecule has 1 heterocycles. The van der Waals surface area contributed by atoms with Gasteiger partial charge in [-0.05, 0) is 36.4 Å². The zero-order valence-corrected chi connectivity index (χ0v) is 14.9. The van der Waals surface area contributed by atoms with Gasteiger partial charge in [0.15, 0.2) is 0 Å². The Hall–Kier alpha value is -2.31. The van der Waals surface area contributed by atoms with Crippen molar-refractivity contribution in [1.82, 2.24) is 5.32 Å². The number of hydrogen-bond acceptors (Lipinski definition) is 4. The van der Waals surface area contributed by atoms with Gasteiger partial charge in [-0.3, -0.25) is 9.59 Å². The monoisotopic (exact) mass is 355 g/mol. The van der Waals surface area contributed by atoms with E-state index >= 15 is 0 Å². The highest BCUT2D eigenvalue weighted by Gasteiger charge is 2.16. The maximum absolute atomic E-state index is 12.6. The maximum Gasteiger partial charge on any atom is 0.255 e. The molecule has 0 radical (unpaired) electrons. The number of carbonyl (C=O) groups is 2. The Morgan fingerprint density at radius 1 is 1.24 bits per heavy atom. The minimum Gasteiger partial charge on any atom is -0.325 e. The van der Waals surface area contributed by atoms with Crippen molar-refractivity contribution < 1.29 is 9.59 Å². The molecule has 2 amide bonds. The third-order valence-corrected chi connectivity index (χ3v) is 5.01. The SMILES string of the molecule is CCNCc1ccccc1NC(=O)c1ccc2c(c1)NC(=O)CCS2. The molecule has 0 atom stereocenters. The van der Waals surface area contributed by atoms with Crippen molar-refractivity contribution in [1.29, 1.82) is 0 Å². The van der Waals surface area contributed by atoms with Gasteiger partial charge >= 0.3 is 0 Å². The second-order valence-electron chi connectivity index (χ2n) is 5.75. The summed E-state index contributed by atoms with van der Waals surface area (Å²) in [6.45, 7) is 3.61. The summed E-state index contributed by atoms with van der Waals surface area (Å²) in [5.74, 6) is 0.553. The van der Waals surface area contributed by atoms with Gasteiger partial charge in [-0.1, -0.05) is 25.1 Å². The molecular formula is C19H21N3O2S. The molecule has 3 rings (SSSR count). The van der Waals surface area contributed by atoms with E-state index in [1.165, 1.54) is 0 Å². The molecule has 0 spiro atoms. The van der Waals surface area contributed by atoms with Crippen LogP contribution in [0.2, 0.25) is 0 Å². The molecule has 5 nitrogen and oxygen atoms in total. The van der Waals surface area contributed by atoms with Gasteiger partial charge in [0.25, 0.3) is 5.91 Å². The Kier molecular flexibility index (Phi) is 5.73. The summed E-state index contributed by atoms with van der Waals surface area (Å²) < 4.78 is 0. The van der Waals surface area contributed by atoms with E-state index in [2.05, 4.69) is 16.0 Å². The second-order valence-corrected chi connectivity index (χ2v) is 6.89. The van der Waals surface area contributed by atoms with Crippen LogP contribution in [0.15, 0.2) is 47.4 Å². The van der Waals surface area contributed by atoms with E-state index in [4.69, 9.17) is 0 Å². The number of thioether (sulfide) groups is 1. The molecule has 0 saturated carbocycles. The number of benzene rings is 2. The van der Waals surface area contributed by atoms with E-state index < -0.39 is 0 Å². The fraction of sp³-hybridized carbons (Fsp3) is 0.263. The van der Waals surface area contributed by atoms with Crippen LogP contribution >= 0.6 is 11.8 Å². The normalized spacial score (nSPS) is 13.6. The summed E-state index contributed by atoms with van der Waals surface area (Å²) in [5.41, 5.74) is 3.07. The Labute approximate surface area is 151 Å². The first kappa shape index (κ1) is 17.5. The molecule has 0 aliphatic carbocycles. The fourth-order valence-electron chi connectivity index (χ4n) is 2.61. The molecule has 1 aliphatic rings. The Bertz CT molecular complexity index is 792. The van der Waals surface area contributed by atoms with Crippen molar-refractivity contribution >= 4 is 35.0 Å². The lowest BCUT2D eigenvalue weighted by Crippen LogP contribution is -2.17. The summed E-state index contributed by atoms with van der Waals surface area (Å²) in [7, 11) is 0. The molecule has 6 heteroatoms. The molecule has 0 saturated heterocycles. The summed E-state index contributed by atoms with van der Waals surface area (Å²) >= 11 is 1.63. The maximum atomic E-state index is 12.6. The first-order valence-electron chi connectivity index (χ1n) is 8.34. The largest absolute Gasteiger partial charge is 0.325 e. The third-order valence-electron chi connectivity index (χ3n) is 3.93. The van der Waals surface area contributed by atoms with Crippen molar-refractivity contribution in [3.8, 4) is 0 Å². The highest BCUT2D eigenvalue weighted by molar-refractivity contribution is 7.99. The fourth-order valence-corrected chi connectivity index (χ4v) is 3.55. The van der Waals surface area contributed by atoms with Crippen molar-refractivity contribution in [2.45, 2.75) is 24.8 Å². The van der Waals surface area contributed by atoms with Gasteiger partial charge < -0.3 is 16.0 Å². The second kappa shape index (κ2) is 8.18. The van der Waals surface area contributed by atoms with E-state index in [0.29, 0.717) is 24.2 Å². The molecule has 2 aromatic rings. The smallest absolute Gasteiger partial charge is 0.255 e. The van der Waals surface area contributed by atoms with Crippen LogP contribution in [-0.2, 0) is 11.3 Å². The van der Waals surface area contributed by atoms with E-state index in [1.54, 1.807) is 23.9 Å². The predicted octanol–water partition coefficient (Wildman–Crippen LogP) is 3.48. The average Bonchev–Trinajstić information content (AvgIpc) is 2.80. The van der Waals surface area contributed by atoms with Gasteiger partial charge in [0, 0.05) is 34.9 Å². The van der Waals surface area contributed by atoms with Crippen LogP contribution in [-0.4, -0.2) is 24.1 Å². The lowest BCUT2D eigenvalue weighted by molar-refractivity contribution is -0.115. The van der Waals surface area contributed by atoms with Gasteiger partial charge in [0.05, 0.1) is 5.69 Å². The van der Waals surface area contributed by atoms with Gasteiger partial charge in [-0.15, -0.1) is 11.8 Å². The van der Waals surface area contributed by atoms with Gasteiger partial charge in [-0.25, -0.2) is 0 Å². The van der Waals surface area contributed by atoms with Crippen LogP contribution in [0.25, 0.3) is 0 Å². The molecule has 0 aromatic heterocycles. The van der Waals surface area contributed by atoms with Crippen LogP contribution in [0.4, 0.5) is 11.4 Å². The predicted molar refractivity (Wildman–Crippen MR) is 102 cm³/mol. The first-order valence-corrected chi connectivity index (χ1v) is 9.32. The van der Waals surface area contributed by atoms with Crippen LogP contribution < -0.4 is 16.0 Å². The van der Waals surface area contributed by atoms with Crippen molar-refractivity contribution in [3.05, 3.63) is 53.6 Å². The van der Waals surface area contributed by atoms with Gasteiger partial charge in [-0.2, -0.15) is 0 Å². The molecular weight excluding hydrogens is 334 g/mol.